The van der Waals surface area contributed by atoms with Gasteiger partial charge in [0.25, 0.3) is 0 Å². The lowest BCUT2D eigenvalue weighted by molar-refractivity contribution is -0.235. The molecule has 6 rings (SSSR count). The van der Waals surface area contributed by atoms with Gasteiger partial charge in [-0.2, -0.15) is 11.8 Å². The van der Waals surface area contributed by atoms with E-state index in [0.717, 1.165) is 81.5 Å². The Labute approximate surface area is 300 Å². The maximum Gasteiger partial charge on any atom is 0.309 e. The maximum atomic E-state index is 14.0. The lowest BCUT2D eigenvalue weighted by Crippen LogP contribution is -2.66. The van der Waals surface area contributed by atoms with Gasteiger partial charge in [-0.15, -0.1) is 0 Å². The van der Waals surface area contributed by atoms with E-state index in [-0.39, 0.29) is 45.9 Å². The van der Waals surface area contributed by atoms with Crippen LogP contribution in [0, 0.1) is 56.2 Å². The number of carboxylic acids is 1. The van der Waals surface area contributed by atoms with Gasteiger partial charge >= 0.3 is 11.9 Å². The molecule has 49 heavy (non-hydrogen) atoms. The number of allylic oxidation sites excluding steroid dienone is 1. The Kier molecular flexibility index (Phi) is 9.64. The molecule has 5 fully saturated rings. The monoisotopic (exact) mass is 699 g/mol. The third-order valence-electron chi connectivity index (χ3n) is 16.0. The molecule has 6 aliphatic rings. The number of Topliss-reactive ketones (excluding diaryl/α,β-unsaturated/α-hetero) is 1. The van der Waals surface area contributed by atoms with Crippen LogP contribution in [0.1, 0.15) is 127 Å². The van der Waals surface area contributed by atoms with Crippen LogP contribution in [0.4, 0.5) is 0 Å². The van der Waals surface area contributed by atoms with Gasteiger partial charge in [-0.05, 0) is 111 Å². The van der Waals surface area contributed by atoms with Crippen molar-refractivity contribution in [3.63, 3.8) is 0 Å². The van der Waals surface area contributed by atoms with Crippen molar-refractivity contribution in [3.05, 3.63) is 11.1 Å². The molecule has 276 valence electrons. The average molecular weight is 700 g/mol. The molecule has 0 amide bonds. The van der Waals surface area contributed by atoms with Crippen LogP contribution in [-0.4, -0.2) is 76.2 Å². The Morgan fingerprint density at radius 1 is 0.939 bits per heavy atom. The number of fused-ring (bicyclic) bond motifs is 7. The van der Waals surface area contributed by atoms with E-state index in [1.807, 2.05) is 11.8 Å². The van der Waals surface area contributed by atoms with Crippen molar-refractivity contribution in [1.82, 2.24) is 4.90 Å². The molecule has 4 saturated carbocycles. The minimum atomic E-state index is -1.15. The van der Waals surface area contributed by atoms with Crippen molar-refractivity contribution in [2.24, 2.45) is 56.2 Å². The number of nitrogens with zero attached hydrogens (tertiary/aromatic N) is 1. The molecule has 0 unspecified atom stereocenters. The van der Waals surface area contributed by atoms with Crippen LogP contribution >= 0.6 is 11.8 Å². The zero-order valence-electron chi connectivity index (χ0n) is 32.0. The number of hydrogen-bond acceptors (Lipinski definition) is 7. The molecule has 5 aliphatic carbocycles. The number of β-amino-alcohol motifs (C(OH)–C–C–N with tert-alkyl or cyclic N) is 1. The van der Waals surface area contributed by atoms with Crippen LogP contribution in [0.25, 0.3) is 0 Å². The molecule has 2 N–H and O–H groups in total. The normalized spacial score (nSPS) is 41.4. The minimum Gasteiger partial charge on any atom is -0.481 e. The van der Waals surface area contributed by atoms with E-state index in [9.17, 15) is 24.6 Å². The van der Waals surface area contributed by atoms with Gasteiger partial charge in [-0.3, -0.25) is 19.3 Å². The highest BCUT2D eigenvalue weighted by Crippen LogP contribution is 2.77. The first-order valence-corrected chi connectivity index (χ1v) is 20.6. The first kappa shape index (κ1) is 37.4. The Bertz CT molecular complexity index is 1380. The second-order valence-electron chi connectivity index (χ2n) is 19.5. The third-order valence-corrected chi connectivity index (χ3v) is 17.0. The van der Waals surface area contributed by atoms with Crippen LogP contribution in [0.2, 0.25) is 0 Å². The van der Waals surface area contributed by atoms with Crippen LogP contribution in [0.3, 0.4) is 0 Å². The van der Waals surface area contributed by atoms with Crippen molar-refractivity contribution in [1.29, 1.82) is 0 Å². The molecular weight excluding hydrogens is 635 g/mol. The summed E-state index contributed by atoms with van der Waals surface area (Å²) in [4.78, 5) is 41.2. The van der Waals surface area contributed by atoms with Gasteiger partial charge in [-0.25, -0.2) is 0 Å². The molecule has 9 atom stereocenters. The number of thioether (sulfide) groups is 1. The number of aliphatic hydroxyl groups is 1. The van der Waals surface area contributed by atoms with Crippen molar-refractivity contribution in [2.75, 3.05) is 31.1 Å². The highest BCUT2D eigenvalue weighted by molar-refractivity contribution is 7.99. The molecule has 1 heterocycles. The predicted octanol–water partition coefficient (Wildman–Crippen LogP) is 7.79. The number of hydrogen-bond donors (Lipinski definition) is 2. The number of esters is 1. The summed E-state index contributed by atoms with van der Waals surface area (Å²) in [5, 5.41) is 21.8. The third kappa shape index (κ3) is 5.70. The summed E-state index contributed by atoms with van der Waals surface area (Å²) >= 11 is 1.99. The van der Waals surface area contributed by atoms with E-state index in [0.29, 0.717) is 30.7 Å². The van der Waals surface area contributed by atoms with Gasteiger partial charge in [0.05, 0.1) is 17.9 Å². The summed E-state index contributed by atoms with van der Waals surface area (Å²) in [6, 6.07) is 0. The SMILES string of the molecule is CC(C)C1=C2[C@H]3CC[C@@H]4[C@@]5(C)CC[C@H](OC(=O)CC(C)(C)C(=O)O)C(C)(C)[C@@H]5CC[C@@]4(C)[C@]3(C)CC[C@@]2([C@@H](O)CN2CCSCC2)CC1=O. The number of rotatable bonds is 8. The van der Waals surface area contributed by atoms with E-state index in [1.165, 1.54) is 5.57 Å². The Morgan fingerprint density at radius 2 is 1.61 bits per heavy atom. The van der Waals surface area contributed by atoms with Gasteiger partial charge in [0, 0.05) is 48.4 Å². The summed E-state index contributed by atoms with van der Waals surface area (Å²) in [7, 11) is 0. The van der Waals surface area contributed by atoms with Gasteiger partial charge < -0.3 is 14.9 Å². The summed E-state index contributed by atoms with van der Waals surface area (Å²) in [5.74, 6) is 2.49. The van der Waals surface area contributed by atoms with E-state index < -0.39 is 28.9 Å². The molecule has 7 nitrogen and oxygen atoms in total. The van der Waals surface area contributed by atoms with Crippen molar-refractivity contribution < 1.29 is 29.3 Å². The highest BCUT2D eigenvalue weighted by atomic mass is 32.2. The average Bonchev–Trinajstić information content (AvgIpc) is 3.32. The van der Waals surface area contributed by atoms with E-state index in [4.69, 9.17) is 4.74 Å². The van der Waals surface area contributed by atoms with Crippen molar-refractivity contribution >= 4 is 29.5 Å². The number of ketones is 1. The Hall–Kier alpha value is -1.38. The molecule has 0 bridgehead atoms. The summed E-state index contributed by atoms with van der Waals surface area (Å²) in [6.07, 6.45) is 7.71. The predicted molar refractivity (Wildman–Crippen MR) is 195 cm³/mol. The number of aliphatic hydroxyl groups excluding tert-OH is 1. The summed E-state index contributed by atoms with van der Waals surface area (Å²) in [6.45, 7) is 22.5. The van der Waals surface area contributed by atoms with Crippen molar-refractivity contribution in [2.45, 2.75) is 139 Å². The number of carbonyl (C=O) groups is 3. The van der Waals surface area contributed by atoms with Crippen LogP contribution in [0.15, 0.2) is 11.1 Å². The quantitative estimate of drug-likeness (QED) is 0.248. The lowest BCUT2D eigenvalue weighted by atomic mass is 9.33. The second-order valence-corrected chi connectivity index (χ2v) is 20.7. The Balaban J connectivity index is 1.29. The smallest absolute Gasteiger partial charge is 0.309 e. The van der Waals surface area contributed by atoms with Crippen molar-refractivity contribution in [3.8, 4) is 0 Å². The minimum absolute atomic E-state index is 0.0326. The number of aliphatic carboxylic acids is 1. The lowest BCUT2D eigenvalue weighted by Gasteiger charge is -2.72. The molecule has 1 aliphatic heterocycles. The Morgan fingerprint density at radius 3 is 2.24 bits per heavy atom. The van der Waals surface area contributed by atoms with Gasteiger partial charge in [0.2, 0.25) is 0 Å². The fourth-order valence-electron chi connectivity index (χ4n) is 13.1. The molecule has 0 aromatic carbocycles. The van der Waals surface area contributed by atoms with Gasteiger partial charge in [0.15, 0.2) is 5.78 Å². The molecule has 8 heteroatoms. The highest BCUT2D eigenvalue weighted by Gasteiger charge is 2.70. The number of ether oxygens (including phenoxy) is 1. The molecule has 1 saturated heterocycles. The zero-order valence-corrected chi connectivity index (χ0v) is 32.8. The second kappa shape index (κ2) is 12.6. The molecule has 0 spiro atoms. The van der Waals surface area contributed by atoms with Crippen LogP contribution in [-0.2, 0) is 19.1 Å². The molecule has 0 radical (unpaired) electrons. The molecular formula is C41H65NO6S. The topological polar surface area (TPSA) is 104 Å². The maximum absolute atomic E-state index is 14.0. The number of carboxylic acid groups (broad SMARTS) is 1. The molecule has 0 aromatic heterocycles. The fourth-order valence-corrected chi connectivity index (χ4v) is 14.1. The first-order chi connectivity index (χ1) is 22.7. The zero-order chi connectivity index (χ0) is 35.9. The number of carbonyl (C=O) groups excluding carboxylic acids is 2. The fraction of sp³-hybridized carbons (Fsp3) is 0.878. The summed E-state index contributed by atoms with van der Waals surface area (Å²) in [5.41, 5.74) is 0.801. The standard InChI is InChI=1S/C41H65NO6S/c1-25(2)33-27(43)22-41(30(44)24-42-18-20-49-21-19-42)17-16-39(8)26(34(33)41)10-11-29-38(7)14-13-31(48-32(45)23-36(3,4)35(46)47)37(5,6)28(38)12-15-40(29,39)9/h25-26,28-31,44H,10-24H2,1-9H3,(H,46,47)/t26-,28+,29-,30+,31+,38+,39-,40-,41+/m1/s1. The van der Waals surface area contributed by atoms with E-state index in [1.54, 1.807) is 13.8 Å². The first-order valence-electron chi connectivity index (χ1n) is 19.4. The van der Waals surface area contributed by atoms with Crippen LogP contribution in [0.5, 0.6) is 0 Å². The largest absolute Gasteiger partial charge is 0.481 e. The van der Waals surface area contributed by atoms with E-state index in [2.05, 4.69) is 53.4 Å². The molecule has 0 aromatic rings. The van der Waals surface area contributed by atoms with E-state index >= 15 is 0 Å². The summed E-state index contributed by atoms with van der Waals surface area (Å²) < 4.78 is 6.16. The van der Waals surface area contributed by atoms with Gasteiger partial charge in [0.1, 0.15) is 6.10 Å². The van der Waals surface area contributed by atoms with Gasteiger partial charge in [-0.1, -0.05) is 54.0 Å². The van der Waals surface area contributed by atoms with Crippen LogP contribution < -0.4 is 0 Å².